The van der Waals surface area contributed by atoms with Gasteiger partial charge in [0.05, 0.1) is 5.69 Å². The molecule has 0 aliphatic carbocycles. The minimum Gasteiger partial charge on any atom is -0.323 e. The Morgan fingerprint density at radius 3 is 2.85 bits per heavy atom. The summed E-state index contributed by atoms with van der Waals surface area (Å²) in [6.45, 7) is 2.04. The first-order chi connectivity index (χ1) is 6.33. The molecule has 3 N–H and O–H groups in total. The summed E-state index contributed by atoms with van der Waals surface area (Å²) in [7, 11) is 0. The highest BCUT2D eigenvalue weighted by Gasteiger charge is 2.00. The van der Waals surface area contributed by atoms with Crippen molar-refractivity contribution in [3.63, 3.8) is 0 Å². The summed E-state index contributed by atoms with van der Waals surface area (Å²) in [5.41, 5.74) is 4.73. The number of anilines is 1. The second-order valence-corrected chi connectivity index (χ2v) is 3.00. The average Bonchev–Trinajstić information content (AvgIpc) is 2.18. The topological polar surface area (TPSA) is 50.9 Å². The van der Waals surface area contributed by atoms with Gasteiger partial charge in [0, 0.05) is 17.8 Å². The summed E-state index contributed by atoms with van der Waals surface area (Å²) in [5.74, 6) is 5.39. The fourth-order valence-electron chi connectivity index (χ4n) is 1.47. The van der Waals surface area contributed by atoms with E-state index in [1.54, 1.807) is 0 Å². The van der Waals surface area contributed by atoms with Crippen LogP contribution in [-0.4, -0.2) is 4.98 Å². The van der Waals surface area contributed by atoms with Crippen molar-refractivity contribution in [1.29, 1.82) is 0 Å². The lowest BCUT2D eigenvalue weighted by atomic mass is 10.1. The van der Waals surface area contributed by atoms with Crippen molar-refractivity contribution in [1.82, 2.24) is 4.98 Å². The largest absolute Gasteiger partial charge is 0.323 e. The summed E-state index contributed by atoms with van der Waals surface area (Å²) in [6.07, 6.45) is 3.67. The van der Waals surface area contributed by atoms with Crippen molar-refractivity contribution in [3.8, 4) is 0 Å². The molecule has 0 aliphatic heterocycles. The fraction of sp³-hybridized carbons (Fsp3) is 0.100. The Bertz CT molecular complexity index is 437. The second-order valence-electron chi connectivity index (χ2n) is 3.00. The standard InChI is InChI=1S/C10H11N3/c1-7-5-12-6-9-8(7)3-2-4-10(9)13-11/h2-6,13H,11H2,1H3. The monoisotopic (exact) mass is 173 g/mol. The smallest absolute Gasteiger partial charge is 0.0579 e. The molecular formula is C10H11N3. The minimum absolute atomic E-state index is 0.911. The highest BCUT2D eigenvalue weighted by Crippen LogP contribution is 2.23. The predicted octanol–water partition coefficient (Wildman–Crippen LogP) is 1.83. The van der Waals surface area contributed by atoms with E-state index in [-0.39, 0.29) is 0 Å². The number of aromatic nitrogens is 1. The molecule has 3 heteroatoms. The molecule has 0 saturated heterocycles. The summed E-state index contributed by atoms with van der Waals surface area (Å²) in [5, 5.41) is 2.25. The third kappa shape index (κ3) is 1.23. The zero-order valence-electron chi connectivity index (χ0n) is 7.41. The summed E-state index contributed by atoms with van der Waals surface area (Å²) in [4.78, 5) is 4.13. The number of nitrogens with one attached hydrogen (secondary N) is 1. The number of fused-ring (bicyclic) bond motifs is 1. The number of rotatable bonds is 1. The fourth-order valence-corrected chi connectivity index (χ4v) is 1.47. The molecule has 0 spiro atoms. The molecule has 66 valence electrons. The van der Waals surface area contributed by atoms with Gasteiger partial charge in [-0.1, -0.05) is 12.1 Å². The number of nitrogens with zero attached hydrogens (tertiary/aromatic N) is 1. The number of pyridine rings is 1. The SMILES string of the molecule is Cc1cncc2c(NN)cccc12. The number of hydrazine groups is 1. The molecule has 1 aromatic carbocycles. The normalized spacial score (nSPS) is 10.3. The molecule has 2 aromatic rings. The molecule has 0 atom stereocenters. The van der Waals surface area contributed by atoms with E-state index in [0.717, 1.165) is 16.6 Å². The number of nitrogens with two attached hydrogens (primary N) is 1. The average molecular weight is 173 g/mol. The molecule has 13 heavy (non-hydrogen) atoms. The van der Waals surface area contributed by atoms with Crippen LogP contribution >= 0.6 is 0 Å². The third-order valence-corrected chi connectivity index (χ3v) is 2.16. The van der Waals surface area contributed by atoms with Gasteiger partial charge in [0.1, 0.15) is 0 Å². The zero-order valence-corrected chi connectivity index (χ0v) is 7.41. The maximum atomic E-state index is 5.39. The quantitative estimate of drug-likeness (QED) is 0.511. The highest BCUT2D eigenvalue weighted by molar-refractivity contribution is 5.94. The van der Waals surface area contributed by atoms with Crippen LogP contribution in [-0.2, 0) is 0 Å². The molecule has 0 radical (unpaired) electrons. The molecule has 0 bridgehead atoms. The molecular weight excluding hydrogens is 162 g/mol. The van der Waals surface area contributed by atoms with E-state index in [1.807, 2.05) is 31.5 Å². The molecule has 1 aromatic heterocycles. The van der Waals surface area contributed by atoms with Crippen LogP contribution in [0.5, 0.6) is 0 Å². The molecule has 0 saturated carbocycles. The Morgan fingerprint density at radius 1 is 1.23 bits per heavy atom. The highest BCUT2D eigenvalue weighted by atomic mass is 15.2. The number of aryl methyl sites for hydroxylation is 1. The van der Waals surface area contributed by atoms with Gasteiger partial charge in [0.25, 0.3) is 0 Å². The number of nitrogen functional groups attached to an aromatic ring is 1. The Balaban J connectivity index is 2.84. The Kier molecular flexibility index (Phi) is 1.87. The van der Waals surface area contributed by atoms with E-state index >= 15 is 0 Å². The molecule has 1 heterocycles. The molecule has 0 unspecified atom stereocenters. The number of hydrogen-bond donors (Lipinski definition) is 2. The lowest BCUT2D eigenvalue weighted by Crippen LogP contribution is -2.07. The van der Waals surface area contributed by atoms with Crippen LogP contribution in [0.3, 0.4) is 0 Å². The number of hydrogen-bond acceptors (Lipinski definition) is 3. The zero-order chi connectivity index (χ0) is 9.26. The van der Waals surface area contributed by atoms with Gasteiger partial charge in [-0.05, 0) is 23.9 Å². The first-order valence-corrected chi connectivity index (χ1v) is 4.13. The molecule has 0 amide bonds. The summed E-state index contributed by atoms with van der Waals surface area (Å²) in [6, 6.07) is 5.97. The van der Waals surface area contributed by atoms with Crippen LogP contribution in [0.2, 0.25) is 0 Å². The molecule has 2 rings (SSSR count). The van der Waals surface area contributed by atoms with Gasteiger partial charge in [-0.2, -0.15) is 0 Å². The van der Waals surface area contributed by atoms with Gasteiger partial charge in [-0.15, -0.1) is 0 Å². The van der Waals surface area contributed by atoms with Crippen molar-refractivity contribution < 1.29 is 0 Å². The molecule has 3 nitrogen and oxygen atoms in total. The first kappa shape index (κ1) is 8.01. The summed E-state index contributed by atoms with van der Waals surface area (Å²) >= 11 is 0. The van der Waals surface area contributed by atoms with Crippen LogP contribution < -0.4 is 11.3 Å². The van der Waals surface area contributed by atoms with Crippen LogP contribution in [0, 0.1) is 6.92 Å². The van der Waals surface area contributed by atoms with Gasteiger partial charge >= 0.3 is 0 Å². The van der Waals surface area contributed by atoms with Gasteiger partial charge in [-0.3, -0.25) is 10.8 Å². The van der Waals surface area contributed by atoms with Gasteiger partial charge in [0.2, 0.25) is 0 Å². The van der Waals surface area contributed by atoms with Gasteiger partial charge in [-0.25, -0.2) is 0 Å². The minimum atomic E-state index is 0.911. The second kappa shape index (κ2) is 3.03. The van der Waals surface area contributed by atoms with E-state index in [1.165, 1.54) is 5.39 Å². The Hall–Kier alpha value is -1.61. The Labute approximate surface area is 76.6 Å². The van der Waals surface area contributed by atoms with E-state index in [2.05, 4.69) is 16.5 Å². The predicted molar refractivity (Wildman–Crippen MR) is 54.3 cm³/mol. The first-order valence-electron chi connectivity index (χ1n) is 4.13. The third-order valence-electron chi connectivity index (χ3n) is 2.16. The van der Waals surface area contributed by atoms with Crippen LogP contribution in [0.15, 0.2) is 30.6 Å². The molecule has 0 fully saturated rings. The van der Waals surface area contributed by atoms with E-state index < -0.39 is 0 Å². The molecule has 0 aliphatic rings. The lowest BCUT2D eigenvalue weighted by Gasteiger charge is -2.06. The lowest BCUT2D eigenvalue weighted by molar-refractivity contribution is 1.30. The summed E-state index contributed by atoms with van der Waals surface area (Å²) < 4.78 is 0. The maximum absolute atomic E-state index is 5.39. The van der Waals surface area contributed by atoms with Gasteiger partial charge in [0.15, 0.2) is 0 Å². The van der Waals surface area contributed by atoms with Crippen molar-refractivity contribution in [2.24, 2.45) is 5.84 Å². The van der Waals surface area contributed by atoms with E-state index in [4.69, 9.17) is 5.84 Å². The van der Waals surface area contributed by atoms with Crippen molar-refractivity contribution in [2.45, 2.75) is 6.92 Å². The maximum Gasteiger partial charge on any atom is 0.0579 e. The van der Waals surface area contributed by atoms with E-state index in [0.29, 0.717) is 0 Å². The van der Waals surface area contributed by atoms with Crippen LogP contribution in [0.4, 0.5) is 5.69 Å². The van der Waals surface area contributed by atoms with Crippen LogP contribution in [0.25, 0.3) is 10.8 Å². The van der Waals surface area contributed by atoms with Crippen molar-refractivity contribution >= 4 is 16.5 Å². The number of benzene rings is 1. The Morgan fingerprint density at radius 2 is 2.08 bits per heavy atom. The van der Waals surface area contributed by atoms with Crippen molar-refractivity contribution in [2.75, 3.05) is 5.43 Å². The van der Waals surface area contributed by atoms with E-state index in [9.17, 15) is 0 Å². The van der Waals surface area contributed by atoms with Crippen LogP contribution in [0.1, 0.15) is 5.56 Å². The van der Waals surface area contributed by atoms with Crippen molar-refractivity contribution in [3.05, 3.63) is 36.2 Å². The van der Waals surface area contributed by atoms with Gasteiger partial charge < -0.3 is 5.43 Å².